The van der Waals surface area contributed by atoms with E-state index in [0.717, 1.165) is 34.0 Å². The molecule has 2 heterocycles. The number of ether oxygens (including phenoxy) is 3. The fourth-order valence-corrected chi connectivity index (χ4v) is 2.91. The molecule has 3 aromatic rings. The maximum absolute atomic E-state index is 5.42. The van der Waals surface area contributed by atoms with Gasteiger partial charge in [0.1, 0.15) is 5.82 Å². The van der Waals surface area contributed by atoms with Crippen LogP contribution in [0.15, 0.2) is 24.3 Å². The minimum atomic E-state index is 0.617. The van der Waals surface area contributed by atoms with Crippen LogP contribution in [0, 0.1) is 13.8 Å². The quantitative estimate of drug-likeness (QED) is 0.656. The first-order valence-electron chi connectivity index (χ1n) is 8.41. The van der Waals surface area contributed by atoms with E-state index in [1.165, 1.54) is 0 Å². The Morgan fingerprint density at radius 3 is 2.50 bits per heavy atom. The van der Waals surface area contributed by atoms with Crippen molar-refractivity contribution in [2.75, 3.05) is 39.8 Å². The molecular formula is C19H24N4O3. The smallest absolute Gasteiger partial charge is 0.161 e. The highest BCUT2D eigenvalue weighted by atomic mass is 16.5. The van der Waals surface area contributed by atoms with Gasteiger partial charge in [0.15, 0.2) is 17.1 Å². The molecule has 0 saturated heterocycles. The Morgan fingerprint density at radius 2 is 1.81 bits per heavy atom. The van der Waals surface area contributed by atoms with E-state index < -0.39 is 0 Å². The van der Waals surface area contributed by atoms with E-state index >= 15 is 0 Å². The van der Waals surface area contributed by atoms with Crippen molar-refractivity contribution in [3.05, 3.63) is 35.5 Å². The Balaban J connectivity index is 2.10. The van der Waals surface area contributed by atoms with E-state index in [4.69, 9.17) is 19.3 Å². The number of nitrogens with one attached hydrogen (secondary N) is 1. The molecule has 138 valence electrons. The number of hydrogen-bond donors (Lipinski definition) is 1. The van der Waals surface area contributed by atoms with Crippen molar-refractivity contribution in [3.8, 4) is 22.8 Å². The molecule has 0 bridgehead atoms. The van der Waals surface area contributed by atoms with E-state index in [2.05, 4.69) is 10.3 Å². The van der Waals surface area contributed by atoms with Crippen LogP contribution in [0.4, 0.5) is 5.82 Å². The summed E-state index contributed by atoms with van der Waals surface area (Å²) in [5.74, 6) is 2.25. The van der Waals surface area contributed by atoms with Crippen LogP contribution < -0.4 is 14.8 Å². The monoisotopic (exact) mass is 356 g/mol. The highest BCUT2D eigenvalue weighted by Gasteiger charge is 2.16. The van der Waals surface area contributed by atoms with E-state index in [-0.39, 0.29) is 0 Å². The second kappa shape index (κ2) is 7.61. The van der Waals surface area contributed by atoms with Crippen molar-refractivity contribution in [1.82, 2.24) is 14.6 Å². The van der Waals surface area contributed by atoms with Gasteiger partial charge in [0.25, 0.3) is 0 Å². The van der Waals surface area contributed by atoms with Crippen LogP contribution in [0.25, 0.3) is 16.9 Å². The van der Waals surface area contributed by atoms with Gasteiger partial charge in [-0.1, -0.05) is 0 Å². The molecular weight excluding hydrogens is 332 g/mol. The summed E-state index contributed by atoms with van der Waals surface area (Å²) in [4.78, 5) is 4.66. The Hall–Kier alpha value is -2.80. The number of nitrogens with zero attached hydrogens (tertiary/aromatic N) is 3. The molecule has 0 fully saturated rings. The average Bonchev–Trinajstić information content (AvgIpc) is 2.98. The van der Waals surface area contributed by atoms with Gasteiger partial charge in [-0.05, 0) is 32.0 Å². The molecule has 0 aliphatic heterocycles. The molecule has 0 atom stereocenters. The molecule has 26 heavy (non-hydrogen) atoms. The second-order valence-electron chi connectivity index (χ2n) is 5.98. The first kappa shape index (κ1) is 18.0. The lowest BCUT2D eigenvalue weighted by Crippen LogP contribution is -2.12. The first-order valence-corrected chi connectivity index (χ1v) is 8.41. The Kier molecular flexibility index (Phi) is 5.27. The van der Waals surface area contributed by atoms with Crippen LogP contribution in [-0.2, 0) is 4.74 Å². The number of hydrogen-bond acceptors (Lipinski definition) is 6. The molecule has 0 aliphatic carbocycles. The van der Waals surface area contributed by atoms with Gasteiger partial charge in [-0.25, -0.2) is 4.98 Å². The van der Waals surface area contributed by atoms with Crippen LogP contribution in [-0.4, -0.2) is 49.1 Å². The fourth-order valence-electron chi connectivity index (χ4n) is 2.91. The minimum absolute atomic E-state index is 0.617. The molecule has 3 rings (SSSR count). The topological polar surface area (TPSA) is 69.9 Å². The van der Waals surface area contributed by atoms with Crippen molar-refractivity contribution in [2.24, 2.45) is 0 Å². The predicted octanol–water partition coefficient (Wildman–Crippen LogP) is 3.09. The first-order chi connectivity index (χ1) is 12.6. The van der Waals surface area contributed by atoms with Crippen LogP contribution >= 0.6 is 0 Å². The molecule has 2 aromatic heterocycles. The third-order valence-corrected chi connectivity index (χ3v) is 4.22. The van der Waals surface area contributed by atoms with Crippen molar-refractivity contribution in [1.29, 1.82) is 0 Å². The van der Waals surface area contributed by atoms with Crippen LogP contribution in [0.3, 0.4) is 0 Å². The van der Waals surface area contributed by atoms with Gasteiger partial charge in [0.05, 0.1) is 26.5 Å². The molecule has 0 unspecified atom stereocenters. The largest absolute Gasteiger partial charge is 0.493 e. The number of anilines is 1. The maximum Gasteiger partial charge on any atom is 0.161 e. The number of aromatic nitrogens is 3. The number of fused-ring (bicyclic) bond motifs is 1. The average molecular weight is 356 g/mol. The van der Waals surface area contributed by atoms with Crippen LogP contribution in [0.1, 0.15) is 11.3 Å². The molecule has 0 amide bonds. The van der Waals surface area contributed by atoms with Crippen molar-refractivity contribution in [3.63, 3.8) is 0 Å². The normalized spacial score (nSPS) is 11.0. The molecule has 7 nitrogen and oxygen atoms in total. The van der Waals surface area contributed by atoms with E-state index in [0.29, 0.717) is 24.7 Å². The maximum atomic E-state index is 5.42. The summed E-state index contributed by atoms with van der Waals surface area (Å²) in [6.45, 7) is 5.31. The summed E-state index contributed by atoms with van der Waals surface area (Å²) in [6, 6.07) is 7.76. The Bertz CT molecular complexity index is 921. The molecule has 0 aliphatic rings. The summed E-state index contributed by atoms with van der Waals surface area (Å²) in [5.41, 5.74) is 4.58. The zero-order chi connectivity index (χ0) is 18.7. The summed E-state index contributed by atoms with van der Waals surface area (Å²) in [7, 11) is 4.93. The van der Waals surface area contributed by atoms with Gasteiger partial charge in [-0.2, -0.15) is 9.61 Å². The van der Waals surface area contributed by atoms with Gasteiger partial charge in [0, 0.05) is 36.5 Å². The van der Waals surface area contributed by atoms with Gasteiger partial charge in [0.2, 0.25) is 0 Å². The Labute approximate surface area is 152 Å². The molecule has 0 radical (unpaired) electrons. The summed E-state index contributed by atoms with van der Waals surface area (Å²) in [6.07, 6.45) is 0. The van der Waals surface area contributed by atoms with E-state index in [1.807, 2.05) is 42.6 Å². The zero-order valence-corrected chi connectivity index (χ0v) is 15.8. The lowest BCUT2D eigenvalue weighted by Gasteiger charge is -2.09. The van der Waals surface area contributed by atoms with Gasteiger partial charge in [-0.3, -0.25) is 0 Å². The van der Waals surface area contributed by atoms with Gasteiger partial charge < -0.3 is 19.5 Å². The second-order valence-corrected chi connectivity index (χ2v) is 5.98. The predicted molar refractivity (Wildman–Crippen MR) is 101 cm³/mol. The third kappa shape index (κ3) is 3.30. The lowest BCUT2D eigenvalue weighted by molar-refractivity contribution is 0.210. The Morgan fingerprint density at radius 1 is 1.04 bits per heavy atom. The summed E-state index contributed by atoms with van der Waals surface area (Å²) in [5, 5.41) is 8.14. The standard InChI is InChI=1S/C19H24N4O3/c1-12-10-17(20-8-9-24-3)23-19(21-12)13(2)18(22-23)14-6-7-15(25-4)16(11-14)26-5/h6-7,10-11,20H,8-9H2,1-5H3. The number of benzene rings is 1. The third-order valence-electron chi connectivity index (χ3n) is 4.22. The highest BCUT2D eigenvalue weighted by Crippen LogP contribution is 2.34. The van der Waals surface area contributed by atoms with Crippen molar-refractivity contribution >= 4 is 11.5 Å². The minimum Gasteiger partial charge on any atom is -0.493 e. The number of rotatable bonds is 7. The van der Waals surface area contributed by atoms with Crippen molar-refractivity contribution in [2.45, 2.75) is 13.8 Å². The fraction of sp³-hybridized carbons (Fsp3) is 0.368. The van der Waals surface area contributed by atoms with Gasteiger partial charge >= 0.3 is 0 Å². The lowest BCUT2D eigenvalue weighted by atomic mass is 10.1. The molecule has 0 saturated carbocycles. The van der Waals surface area contributed by atoms with Gasteiger partial charge in [-0.15, -0.1) is 0 Å². The summed E-state index contributed by atoms with van der Waals surface area (Å²) < 4.78 is 17.7. The SMILES string of the molecule is COCCNc1cc(C)nc2c(C)c(-c3ccc(OC)c(OC)c3)nn12. The molecule has 7 heteroatoms. The highest BCUT2D eigenvalue weighted by molar-refractivity contribution is 5.73. The van der Waals surface area contributed by atoms with Crippen LogP contribution in [0.5, 0.6) is 11.5 Å². The van der Waals surface area contributed by atoms with Crippen molar-refractivity contribution < 1.29 is 14.2 Å². The molecule has 0 spiro atoms. The number of aryl methyl sites for hydroxylation is 2. The van der Waals surface area contributed by atoms with E-state index in [9.17, 15) is 0 Å². The molecule has 1 aromatic carbocycles. The summed E-state index contributed by atoms with van der Waals surface area (Å²) >= 11 is 0. The number of methoxy groups -OCH3 is 3. The van der Waals surface area contributed by atoms with E-state index in [1.54, 1.807) is 21.3 Å². The zero-order valence-electron chi connectivity index (χ0n) is 15.8. The molecule has 1 N–H and O–H groups in total. The van der Waals surface area contributed by atoms with Crippen LogP contribution in [0.2, 0.25) is 0 Å².